The summed E-state index contributed by atoms with van der Waals surface area (Å²) in [6.45, 7) is 1.92. The van der Waals surface area contributed by atoms with Crippen LogP contribution in [0.5, 0.6) is 0 Å². The van der Waals surface area contributed by atoms with Gasteiger partial charge < -0.3 is 10.6 Å². The van der Waals surface area contributed by atoms with Gasteiger partial charge in [-0.05, 0) is 31.2 Å². The molecule has 0 saturated carbocycles. The number of hydrogen-bond acceptors (Lipinski definition) is 4. The monoisotopic (exact) mass is 295 g/mol. The molecule has 100 valence electrons. The second-order valence-electron chi connectivity index (χ2n) is 4.02. The maximum atomic E-state index is 12.0. The molecule has 0 aliphatic carbocycles. The van der Waals surface area contributed by atoms with Crippen LogP contribution in [0.4, 0.5) is 5.69 Å². The average Bonchev–Trinajstić information content (AvgIpc) is 2.85. The molecule has 1 amide bonds. The molecule has 1 atom stereocenters. The van der Waals surface area contributed by atoms with Crippen molar-refractivity contribution in [1.29, 1.82) is 0 Å². The predicted molar refractivity (Wildman–Crippen MR) is 79.0 cm³/mol. The lowest BCUT2D eigenvalue weighted by Gasteiger charge is -2.11. The number of anilines is 1. The number of aromatic nitrogens is 1. The van der Waals surface area contributed by atoms with E-state index in [2.05, 4.69) is 15.6 Å². The first-order chi connectivity index (χ1) is 9.10. The number of amides is 1. The third-order valence-electron chi connectivity index (χ3n) is 2.65. The Morgan fingerprint density at radius 1 is 1.37 bits per heavy atom. The Bertz CT molecular complexity index is 568. The summed E-state index contributed by atoms with van der Waals surface area (Å²) in [4.78, 5) is 17.1. The molecule has 2 heterocycles. The Balaban J connectivity index is 2.03. The molecule has 0 radical (unpaired) electrons. The number of nitrogens with zero attached hydrogens (tertiary/aromatic N) is 1. The van der Waals surface area contributed by atoms with Crippen molar-refractivity contribution in [3.05, 3.63) is 45.4 Å². The number of thiophene rings is 1. The van der Waals surface area contributed by atoms with Crippen molar-refractivity contribution in [3.63, 3.8) is 0 Å². The maximum absolute atomic E-state index is 12.0. The first-order valence-electron chi connectivity index (χ1n) is 5.80. The molecule has 0 bridgehead atoms. The summed E-state index contributed by atoms with van der Waals surface area (Å²) in [6, 6.07) is 7.15. The third kappa shape index (κ3) is 3.45. The highest BCUT2D eigenvalue weighted by molar-refractivity contribution is 7.16. The first-order valence-corrected chi connectivity index (χ1v) is 6.99. The Hall–Kier alpha value is -1.59. The summed E-state index contributed by atoms with van der Waals surface area (Å²) < 4.78 is 0.715. The molecule has 0 saturated heterocycles. The van der Waals surface area contributed by atoms with E-state index in [1.807, 2.05) is 25.1 Å². The standard InChI is InChI=1S/C13H14ClN3OS/c1-8(11-5-6-12(14)19-11)17-13(18)10-4-3-9(15-2)7-16-10/h3-8,15H,1-2H3,(H,17,18). The number of pyridine rings is 1. The van der Waals surface area contributed by atoms with Crippen molar-refractivity contribution in [2.45, 2.75) is 13.0 Å². The molecule has 0 spiro atoms. The molecule has 0 fully saturated rings. The highest BCUT2D eigenvalue weighted by atomic mass is 35.5. The van der Waals surface area contributed by atoms with Crippen molar-refractivity contribution in [2.24, 2.45) is 0 Å². The molecular weight excluding hydrogens is 282 g/mol. The van der Waals surface area contributed by atoms with Gasteiger partial charge in [-0.1, -0.05) is 11.6 Å². The Labute approximate surface area is 120 Å². The van der Waals surface area contributed by atoms with E-state index in [0.29, 0.717) is 10.0 Å². The van der Waals surface area contributed by atoms with Crippen LogP contribution < -0.4 is 10.6 Å². The van der Waals surface area contributed by atoms with Crippen LogP contribution in [0.25, 0.3) is 0 Å². The van der Waals surface area contributed by atoms with Crippen LogP contribution in [0.1, 0.15) is 28.3 Å². The highest BCUT2D eigenvalue weighted by Gasteiger charge is 2.13. The number of carbonyl (C=O) groups excluding carboxylic acids is 1. The van der Waals surface area contributed by atoms with Gasteiger partial charge in [-0.25, -0.2) is 4.98 Å². The summed E-state index contributed by atoms with van der Waals surface area (Å²) in [6.07, 6.45) is 1.63. The van der Waals surface area contributed by atoms with Gasteiger partial charge in [0, 0.05) is 11.9 Å². The average molecular weight is 296 g/mol. The van der Waals surface area contributed by atoms with Gasteiger partial charge in [0.1, 0.15) is 5.69 Å². The Morgan fingerprint density at radius 3 is 2.68 bits per heavy atom. The molecule has 0 aliphatic heterocycles. The quantitative estimate of drug-likeness (QED) is 0.910. The zero-order valence-electron chi connectivity index (χ0n) is 10.6. The summed E-state index contributed by atoms with van der Waals surface area (Å²) in [7, 11) is 1.80. The molecule has 0 aliphatic rings. The second kappa shape index (κ2) is 6.04. The van der Waals surface area contributed by atoms with Crippen molar-refractivity contribution in [3.8, 4) is 0 Å². The van der Waals surface area contributed by atoms with Gasteiger partial charge >= 0.3 is 0 Å². The van der Waals surface area contributed by atoms with Crippen LogP contribution in [0, 0.1) is 0 Å². The second-order valence-corrected chi connectivity index (χ2v) is 5.77. The molecule has 2 aromatic rings. The molecule has 2 aromatic heterocycles. The lowest BCUT2D eigenvalue weighted by Crippen LogP contribution is -2.26. The minimum atomic E-state index is -0.195. The Morgan fingerprint density at radius 2 is 2.16 bits per heavy atom. The van der Waals surface area contributed by atoms with E-state index >= 15 is 0 Å². The summed E-state index contributed by atoms with van der Waals surface area (Å²) in [5, 5.41) is 5.85. The van der Waals surface area contributed by atoms with Crippen LogP contribution >= 0.6 is 22.9 Å². The van der Waals surface area contributed by atoms with Crippen molar-refractivity contribution >= 4 is 34.5 Å². The van der Waals surface area contributed by atoms with Gasteiger partial charge in [-0.3, -0.25) is 4.79 Å². The van der Waals surface area contributed by atoms with Crippen LogP contribution in [0.3, 0.4) is 0 Å². The van der Waals surface area contributed by atoms with Gasteiger partial charge in [0.15, 0.2) is 0 Å². The zero-order valence-corrected chi connectivity index (χ0v) is 12.2. The number of halogens is 1. The smallest absolute Gasteiger partial charge is 0.270 e. The predicted octanol–water partition coefficient (Wildman–Crippen LogP) is 3.33. The summed E-state index contributed by atoms with van der Waals surface area (Å²) in [5.74, 6) is -0.195. The summed E-state index contributed by atoms with van der Waals surface area (Å²) in [5.41, 5.74) is 1.27. The normalized spacial score (nSPS) is 11.9. The van der Waals surface area contributed by atoms with Gasteiger partial charge in [0.2, 0.25) is 0 Å². The number of rotatable bonds is 4. The third-order valence-corrected chi connectivity index (χ3v) is 4.07. The number of hydrogen-bond donors (Lipinski definition) is 2. The van der Waals surface area contributed by atoms with Crippen molar-refractivity contribution < 1.29 is 4.79 Å². The lowest BCUT2D eigenvalue weighted by molar-refractivity contribution is 0.0935. The van der Waals surface area contributed by atoms with Crippen LogP contribution in [0.15, 0.2) is 30.5 Å². The molecule has 0 aromatic carbocycles. The van der Waals surface area contributed by atoms with Crippen molar-refractivity contribution in [2.75, 3.05) is 12.4 Å². The summed E-state index contributed by atoms with van der Waals surface area (Å²) >= 11 is 7.34. The fraction of sp³-hybridized carbons (Fsp3) is 0.231. The highest BCUT2D eigenvalue weighted by Crippen LogP contribution is 2.26. The van der Waals surface area contributed by atoms with Gasteiger partial charge in [-0.15, -0.1) is 11.3 Å². The van der Waals surface area contributed by atoms with Gasteiger partial charge in [-0.2, -0.15) is 0 Å². The topological polar surface area (TPSA) is 54.0 Å². The molecule has 19 heavy (non-hydrogen) atoms. The molecule has 4 nitrogen and oxygen atoms in total. The van der Waals surface area contributed by atoms with E-state index in [1.54, 1.807) is 19.3 Å². The van der Waals surface area contributed by atoms with E-state index in [4.69, 9.17) is 11.6 Å². The van der Waals surface area contributed by atoms with Crippen molar-refractivity contribution in [1.82, 2.24) is 10.3 Å². The largest absolute Gasteiger partial charge is 0.387 e. The van der Waals surface area contributed by atoms with E-state index in [-0.39, 0.29) is 11.9 Å². The van der Waals surface area contributed by atoms with Gasteiger partial charge in [0.25, 0.3) is 5.91 Å². The van der Waals surface area contributed by atoms with E-state index in [0.717, 1.165) is 10.6 Å². The molecule has 2 rings (SSSR count). The SMILES string of the molecule is CNc1ccc(C(=O)NC(C)c2ccc(Cl)s2)nc1. The van der Waals surface area contributed by atoms with Crippen LogP contribution in [-0.2, 0) is 0 Å². The zero-order chi connectivity index (χ0) is 13.8. The Kier molecular flexibility index (Phi) is 4.39. The van der Waals surface area contributed by atoms with E-state index in [1.165, 1.54) is 11.3 Å². The minimum Gasteiger partial charge on any atom is -0.387 e. The van der Waals surface area contributed by atoms with Crippen LogP contribution in [-0.4, -0.2) is 17.9 Å². The molecule has 2 N–H and O–H groups in total. The van der Waals surface area contributed by atoms with Gasteiger partial charge in [0.05, 0.1) is 22.3 Å². The molecule has 1 unspecified atom stereocenters. The fourth-order valence-corrected chi connectivity index (χ4v) is 2.64. The fourth-order valence-electron chi connectivity index (χ4n) is 1.58. The van der Waals surface area contributed by atoms with Crippen LogP contribution in [0.2, 0.25) is 4.34 Å². The maximum Gasteiger partial charge on any atom is 0.270 e. The van der Waals surface area contributed by atoms with E-state index in [9.17, 15) is 4.79 Å². The molecule has 6 heteroatoms. The minimum absolute atomic E-state index is 0.0872. The first kappa shape index (κ1) is 13.8. The van der Waals surface area contributed by atoms with E-state index < -0.39 is 0 Å². The lowest BCUT2D eigenvalue weighted by atomic mass is 10.2. The number of nitrogens with one attached hydrogen (secondary N) is 2. The number of carbonyl (C=O) groups is 1. The molecular formula is C13H14ClN3OS.